The van der Waals surface area contributed by atoms with E-state index in [1.807, 2.05) is 6.20 Å². The fraction of sp³-hybridized carbons (Fsp3) is 0.292. The predicted octanol–water partition coefficient (Wildman–Crippen LogP) is 4.99. The number of rotatable bonds is 7. The molecule has 2 aromatic carbocycles. The largest absolute Gasteiger partial charge is 0.490 e. The number of aromatic amines is 2. The molecular formula is C24H25FN4O. The van der Waals surface area contributed by atoms with Crippen LogP contribution in [0.5, 0.6) is 5.75 Å². The van der Waals surface area contributed by atoms with Gasteiger partial charge in [0.25, 0.3) is 0 Å². The lowest BCUT2D eigenvalue weighted by Crippen LogP contribution is -2.23. The van der Waals surface area contributed by atoms with Crippen LogP contribution in [0.2, 0.25) is 0 Å². The Morgan fingerprint density at radius 2 is 2.07 bits per heavy atom. The smallest absolute Gasteiger partial charge is 0.165 e. The van der Waals surface area contributed by atoms with E-state index >= 15 is 0 Å². The van der Waals surface area contributed by atoms with Crippen LogP contribution in [0.4, 0.5) is 4.39 Å². The Hall–Kier alpha value is -3.12. The van der Waals surface area contributed by atoms with E-state index in [2.05, 4.69) is 50.4 Å². The zero-order valence-electron chi connectivity index (χ0n) is 16.8. The van der Waals surface area contributed by atoms with Gasteiger partial charge in [-0.2, -0.15) is 5.10 Å². The molecule has 0 amide bonds. The first-order chi connectivity index (χ1) is 14.8. The summed E-state index contributed by atoms with van der Waals surface area (Å²) in [6, 6.07) is 17.7. The molecule has 0 aliphatic carbocycles. The zero-order valence-corrected chi connectivity index (χ0v) is 16.8. The van der Waals surface area contributed by atoms with Crippen LogP contribution >= 0.6 is 0 Å². The summed E-state index contributed by atoms with van der Waals surface area (Å²) in [5.41, 5.74) is 4.59. The highest BCUT2D eigenvalue weighted by Crippen LogP contribution is 2.33. The highest BCUT2D eigenvalue weighted by Gasteiger charge is 2.28. The second kappa shape index (κ2) is 8.32. The third-order valence-electron chi connectivity index (χ3n) is 5.82. The van der Waals surface area contributed by atoms with Gasteiger partial charge in [-0.15, -0.1) is 0 Å². The van der Waals surface area contributed by atoms with Crippen molar-refractivity contribution in [2.75, 3.05) is 13.2 Å². The molecule has 4 aromatic rings. The zero-order chi connectivity index (χ0) is 20.3. The third kappa shape index (κ3) is 3.96. The summed E-state index contributed by atoms with van der Waals surface area (Å²) in [6.45, 7) is 2.41. The molecule has 0 radical (unpaired) electrons. The van der Waals surface area contributed by atoms with Gasteiger partial charge >= 0.3 is 0 Å². The van der Waals surface area contributed by atoms with Gasteiger partial charge in [0.2, 0.25) is 0 Å². The van der Waals surface area contributed by atoms with Gasteiger partial charge in [0.05, 0.1) is 18.3 Å². The number of halogens is 1. The average Bonchev–Trinajstić information content (AvgIpc) is 3.50. The average molecular weight is 404 g/mol. The van der Waals surface area contributed by atoms with E-state index in [0.29, 0.717) is 24.8 Å². The summed E-state index contributed by atoms with van der Waals surface area (Å²) in [6.07, 6.45) is 4.94. The summed E-state index contributed by atoms with van der Waals surface area (Å²) in [4.78, 5) is 5.75. The van der Waals surface area contributed by atoms with Crippen molar-refractivity contribution in [1.82, 2.24) is 20.1 Å². The maximum absolute atomic E-state index is 13.7. The molecule has 0 spiro atoms. The molecule has 1 saturated heterocycles. The number of ether oxygens (including phenoxy) is 1. The van der Waals surface area contributed by atoms with Crippen molar-refractivity contribution in [3.8, 4) is 5.75 Å². The van der Waals surface area contributed by atoms with Crippen molar-refractivity contribution in [3.63, 3.8) is 0 Å². The molecule has 2 N–H and O–H groups in total. The van der Waals surface area contributed by atoms with Crippen molar-refractivity contribution in [1.29, 1.82) is 0 Å². The minimum Gasteiger partial charge on any atom is -0.490 e. The summed E-state index contributed by atoms with van der Waals surface area (Å²) in [7, 11) is 0. The minimum atomic E-state index is -0.331. The lowest BCUT2D eigenvalue weighted by molar-refractivity contribution is 0.244. The molecule has 1 aliphatic rings. The Balaban J connectivity index is 1.21. The summed E-state index contributed by atoms with van der Waals surface area (Å²) < 4.78 is 19.2. The Morgan fingerprint density at radius 1 is 1.13 bits per heavy atom. The lowest BCUT2D eigenvalue weighted by Gasteiger charge is -2.23. The van der Waals surface area contributed by atoms with Crippen LogP contribution in [-0.4, -0.2) is 33.2 Å². The molecule has 1 atom stereocenters. The number of benzene rings is 2. The van der Waals surface area contributed by atoms with Gasteiger partial charge in [0.1, 0.15) is 0 Å². The highest BCUT2D eigenvalue weighted by molar-refractivity contribution is 5.79. The van der Waals surface area contributed by atoms with Crippen LogP contribution in [-0.2, 0) is 13.0 Å². The van der Waals surface area contributed by atoms with Gasteiger partial charge in [-0.25, -0.2) is 4.39 Å². The Kier molecular flexibility index (Phi) is 5.24. The van der Waals surface area contributed by atoms with E-state index in [0.717, 1.165) is 30.9 Å². The SMILES string of the molecule is Fc1ccccc1OCCc1cc(C2CCCN2Cc2ccc3[nH]ccc3c2)n[nH]1. The van der Waals surface area contributed by atoms with Gasteiger partial charge < -0.3 is 9.72 Å². The Morgan fingerprint density at radius 3 is 3.00 bits per heavy atom. The van der Waals surface area contributed by atoms with Gasteiger partial charge in [-0.3, -0.25) is 10.00 Å². The second-order valence-electron chi connectivity index (χ2n) is 7.87. The van der Waals surface area contributed by atoms with Gasteiger partial charge in [0, 0.05) is 30.4 Å². The number of likely N-dealkylation sites (tertiary alicyclic amines) is 1. The monoisotopic (exact) mass is 404 g/mol. The van der Waals surface area contributed by atoms with E-state index in [9.17, 15) is 4.39 Å². The molecule has 0 saturated carbocycles. The first kappa shape index (κ1) is 18.9. The summed E-state index contributed by atoms with van der Waals surface area (Å²) in [5.74, 6) is -0.0409. The van der Waals surface area contributed by atoms with Crippen LogP contribution in [0.1, 0.15) is 35.8 Å². The highest BCUT2D eigenvalue weighted by atomic mass is 19.1. The van der Waals surface area contributed by atoms with Crippen molar-refractivity contribution in [2.24, 2.45) is 0 Å². The minimum absolute atomic E-state index is 0.290. The first-order valence-electron chi connectivity index (χ1n) is 10.5. The number of aromatic nitrogens is 3. The van der Waals surface area contributed by atoms with Crippen molar-refractivity contribution in [3.05, 3.63) is 83.6 Å². The molecule has 30 heavy (non-hydrogen) atoms. The van der Waals surface area contributed by atoms with Gasteiger partial charge in [0.15, 0.2) is 11.6 Å². The molecule has 1 aliphatic heterocycles. The maximum atomic E-state index is 13.7. The quantitative estimate of drug-likeness (QED) is 0.456. The summed E-state index contributed by atoms with van der Waals surface area (Å²) in [5, 5.41) is 8.96. The molecular weight excluding hydrogens is 379 g/mol. The predicted molar refractivity (Wildman–Crippen MR) is 115 cm³/mol. The number of para-hydroxylation sites is 1. The van der Waals surface area contributed by atoms with E-state index in [1.54, 1.807) is 18.2 Å². The molecule has 3 heterocycles. The van der Waals surface area contributed by atoms with E-state index in [4.69, 9.17) is 4.74 Å². The first-order valence-corrected chi connectivity index (χ1v) is 10.5. The van der Waals surface area contributed by atoms with Gasteiger partial charge in [-0.05, 0) is 66.7 Å². The van der Waals surface area contributed by atoms with Crippen molar-refractivity contribution in [2.45, 2.75) is 31.8 Å². The van der Waals surface area contributed by atoms with E-state index < -0.39 is 0 Å². The van der Waals surface area contributed by atoms with Crippen molar-refractivity contribution < 1.29 is 9.13 Å². The maximum Gasteiger partial charge on any atom is 0.165 e. The van der Waals surface area contributed by atoms with E-state index in [-0.39, 0.29) is 5.82 Å². The summed E-state index contributed by atoms with van der Waals surface area (Å²) >= 11 is 0. The van der Waals surface area contributed by atoms with Gasteiger partial charge in [-0.1, -0.05) is 18.2 Å². The number of nitrogens with zero attached hydrogens (tertiary/aromatic N) is 2. The topological polar surface area (TPSA) is 56.9 Å². The Labute approximate surface area is 174 Å². The molecule has 2 aromatic heterocycles. The molecule has 6 heteroatoms. The third-order valence-corrected chi connectivity index (χ3v) is 5.82. The lowest BCUT2D eigenvalue weighted by atomic mass is 10.1. The number of fused-ring (bicyclic) bond motifs is 1. The normalized spacial score (nSPS) is 17.0. The molecule has 1 unspecified atom stereocenters. The van der Waals surface area contributed by atoms with Crippen LogP contribution in [0.3, 0.4) is 0 Å². The van der Waals surface area contributed by atoms with Crippen LogP contribution in [0.15, 0.2) is 60.8 Å². The fourth-order valence-electron chi connectivity index (χ4n) is 4.30. The van der Waals surface area contributed by atoms with E-state index in [1.165, 1.54) is 29.0 Å². The van der Waals surface area contributed by atoms with Crippen LogP contribution in [0.25, 0.3) is 10.9 Å². The number of hydrogen-bond acceptors (Lipinski definition) is 3. The molecule has 154 valence electrons. The number of hydrogen-bond donors (Lipinski definition) is 2. The molecule has 0 bridgehead atoms. The Bertz CT molecular complexity index is 1130. The van der Waals surface area contributed by atoms with Crippen molar-refractivity contribution >= 4 is 10.9 Å². The number of nitrogens with one attached hydrogen (secondary N) is 2. The fourth-order valence-corrected chi connectivity index (χ4v) is 4.30. The van der Waals surface area contributed by atoms with Crippen LogP contribution < -0.4 is 4.74 Å². The standard InChI is InChI=1S/C24H25FN4O/c25-20-4-1-2-6-24(20)30-13-10-19-15-22(28-27-19)23-5-3-12-29(23)16-17-7-8-21-18(14-17)9-11-26-21/h1-2,4,6-9,11,14-15,23,26H,3,5,10,12-13,16H2,(H,27,28). The van der Waals surface area contributed by atoms with Crippen LogP contribution in [0, 0.1) is 5.82 Å². The molecule has 5 rings (SSSR count). The second-order valence-corrected chi connectivity index (χ2v) is 7.87. The number of H-pyrrole nitrogens is 2. The molecule has 1 fully saturated rings. The molecule has 5 nitrogen and oxygen atoms in total.